The molecule has 0 spiro atoms. The molecule has 0 aromatic heterocycles. The zero-order valence-electron chi connectivity index (χ0n) is 16.4. The van der Waals surface area contributed by atoms with E-state index in [2.05, 4.69) is 4.99 Å². The molecular weight excluding hydrogens is 412 g/mol. The number of carbonyl (C=O) groups excluding carboxylic acids is 1. The van der Waals surface area contributed by atoms with E-state index in [0.29, 0.717) is 30.2 Å². The quantitative estimate of drug-likeness (QED) is 0.566. The summed E-state index contributed by atoms with van der Waals surface area (Å²) >= 11 is 5.28. The fourth-order valence-electron chi connectivity index (χ4n) is 3.16. The number of carbonyl (C=O) groups is 2. The number of hydrogen-bond acceptors (Lipinski definition) is 4. The molecule has 1 aliphatic rings. The zero-order valence-corrected chi connectivity index (χ0v) is 17.2. The van der Waals surface area contributed by atoms with Gasteiger partial charge in [-0.15, -0.1) is 0 Å². The van der Waals surface area contributed by atoms with Crippen molar-refractivity contribution < 1.29 is 19.4 Å². The van der Waals surface area contributed by atoms with E-state index in [1.165, 1.54) is 4.90 Å². The van der Waals surface area contributed by atoms with E-state index in [-0.39, 0.29) is 16.6 Å². The lowest BCUT2D eigenvalue weighted by Crippen LogP contribution is -2.33. The van der Waals surface area contributed by atoms with Crippen molar-refractivity contribution in [2.24, 2.45) is 4.99 Å². The highest BCUT2D eigenvalue weighted by Crippen LogP contribution is 2.22. The van der Waals surface area contributed by atoms with E-state index in [9.17, 15) is 9.59 Å². The maximum Gasteiger partial charge on any atom is 0.335 e. The third-order valence-corrected chi connectivity index (χ3v) is 5.06. The molecule has 0 fully saturated rings. The monoisotopic (exact) mass is 430 g/mol. The van der Waals surface area contributed by atoms with E-state index in [1.807, 2.05) is 54.6 Å². The number of carboxylic acids is 1. The molecule has 1 amide bonds. The summed E-state index contributed by atoms with van der Waals surface area (Å²) in [6.07, 6.45) is 0.374. The first-order valence-corrected chi connectivity index (χ1v) is 9.97. The van der Waals surface area contributed by atoms with Gasteiger partial charge in [0.2, 0.25) is 5.11 Å². The van der Waals surface area contributed by atoms with Gasteiger partial charge in [-0.3, -0.25) is 9.69 Å². The number of aliphatic imine (C=N–C) groups is 1. The summed E-state index contributed by atoms with van der Waals surface area (Å²) in [5, 5.41) is 9.19. The molecule has 0 radical (unpaired) electrons. The summed E-state index contributed by atoms with van der Waals surface area (Å²) in [6.45, 7) is 0.324. The molecule has 1 aliphatic heterocycles. The van der Waals surface area contributed by atoms with Crippen LogP contribution >= 0.6 is 12.2 Å². The summed E-state index contributed by atoms with van der Waals surface area (Å²) < 4.78 is 5.76. The third kappa shape index (κ3) is 4.67. The standard InChI is InChI=1S/C24H18N2O4S/c27-22-21(25-24(31)26(22)19-4-2-1-3-5-19)14-16-8-12-20(13-9-16)30-15-17-6-10-18(11-7-17)23(28)29/h1-13H,14-15H2,(H,28,29). The van der Waals surface area contributed by atoms with Crippen molar-refractivity contribution in [3.63, 3.8) is 0 Å². The maximum absolute atomic E-state index is 12.8. The van der Waals surface area contributed by atoms with Gasteiger partial charge in [0.25, 0.3) is 5.91 Å². The van der Waals surface area contributed by atoms with Gasteiger partial charge in [-0.1, -0.05) is 42.5 Å². The number of ether oxygens (including phenoxy) is 1. The Morgan fingerprint density at radius 3 is 2.23 bits per heavy atom. The number of anilines is 1. The fourth-order valence-corrected chi connectivity index (χ4v) is 3.45. The lowest BCUT2D eigenvalue weighted by atomic mass is 10.1. The van der Waals surface area contributed by atoms with Gasteiger partial charge < -0.3 is 9.84 Å². The smallest absolute Gasteiger partial charge is 0.335 e. The molecule has 0 saturated carbocycles. The molecule has 0 aliphatic carbocycles. The molecule has 31 heavy (non-hydrogen) atoms. The summed E-state index contributed by atoms with van der Waals surface area (Å²) in [6, 6.07) is 23.2. The fraction of sp³-hybridized carbons (Fsp3) is 0.0833. The number of thiocarbonyl (C=S) groups is 1. The van der Waals surface area contributed by atoms with Gasteiger partial charge in [0.1, 0.15) is 18.1 Å². The van der Waals surface area contributed by atoms with E-state index in [4.69, 9.17) is 22.1 Å². The van der Waals surface area contributed by atoms with Crippen LogP contribution in [0.1, 0.15) is 21.5 Å². The molecular formula is C24H18N2O4S. The van der Waals surface area contributed by atoms with Gasteiger partial charge in [-0.25, -0.2) is 9.79 Å². The highest BCUT2D eigenvalue weighted by molar-refractivity contribution is 7.80. The second-order valence-corrected chi connectivity index (χ2v) is 7.29. The van der Waals surface area contributed by atoms with Crippen molar-refractivity contribution in [3.05, 3.63) is 95.6 Å². The summed E-state index contributed by atoms with van der Waals surface area (Å²) in [7, 11) is 0. The number of para-hydroxylation sites is 1. The lowest BCUT2D eigenvalue weighted by molar-refractivity contribution is -0.111. The number of nitrogens with zero attached hydrogens (tertiary/aromatic N) is 2. The average molecular weight is 430 g/mol. The Hall–Kier alpha value is -3.84. The van der Waals surface area contributed by atoms with Crippen LogP contribution in [0.5, 0.6) is 5.75 Å². The highest BCUT2D eigenvalue weighted by atomic mass is 32.1. The SMILES string of the molecule is O=C(O)c1ccc(COc2ccc(CC3=NC(=S)N(c4ccccc4)C3=O)cc2)cc1. The first kappa shape index (κ1) is 20.4. The Kier molecular flexibility index (Phi) is 5.86. The highest BCUT2D eigenvalue weighted by Gasteiger charge is 2.31. The van der Waals surface area contributed by atoms with Gasteiger partial charge in [-0.2, -0.15) is 0 Å². The predicted octanol–water partition coefficient (Wildman–Crippen LogP) is 4.28. The van der Waals surface area contributed by atoms with Gasteiger partial charge in [0.05, 0.1) is 11.3 Å². The molecule has 3 aromatic rings. The van der Waals surface area contributed by atoms with Crippen LogP contribution in [0, 0.1) is 0 Å². The van der Waals surface area contributed by atoms with E-state index in [1.54, 1.807) is 24.3 Å². The Labute approximate surface area is 184 Å². The molecule has 1 N–H and O–H groups in total. The Balaban J connectivity index is 1.36. The second kappa shape index (κ2) is 8.89. The Morgan fingerprint density at radius 1 is 0.935 bits per heavy atom. The normalized spacial score (nSPS) is 13.3. The Bertz CT molecular complexity index is 1160. The van der Waals surface area contributed by atoms with Gasteiger partial charge in [-0.05, 0) is 59.7 Å². The zero-order chi connectivity index (χ0) is 21.8. The van der Waals surface area contributed by atoms with Crippen LogP contribution in [0.4, 0.5) is 5.69 Å². The number of benzene rings is 3. The van der Waals surface area contributed by atoms with Crippen LogP contribution < -0.4 is 9.64 Å². The summed E-state index contributed by atoms with van der Waals surface area (Å²) in [5.41, 5.74) is 3.14. The van der Waals surface area contributed by atoms with E-state index < -0.39 is 5.97 Å². The van der Waals surface area contributed by atoms with E-state index in [0.717, 1.165) is 11.1 Å². The third-order valence-electron chi connectivity index (χ3n) is 4.79. The van der Waals surface area contributed by atoms with Crippen LogP contribution in [0.15, 0.2) is 83.9 Å². The number of rotatable bonds is 7. The molecule has 0 unspecified atom stereocenters. The van der Waals surface area contributed by atoms with Crippen LogP contribution in [0.3, 0.4) is 0 Å². The second-order valence-electron chi connectivity index (χ2n) is 6.93. The molecule has 1 heterocycles. The minimum Gasteiger partial charge on any atom is -0.489 e. The molecule has 154 valence electrons. The number of aromatic carboxylic acids is 1. The molecule has 0 saturated heterocycles. The first-order chi connectivity index (χ1) is 15.0. The molecule has 3 aromatic carbocycles. The molecule has 7 heteroatoms. The molecule has 4 rings (SSSR count). The summed E-state index contributed by atoms with van der Waals surface area (Å²) in [4.78, 5) is 29.4. The van der Waals surface area contributed by atoms with Crippen LogP contribution in [0.2, 0.25) is 0 Å². The summed E-state index contributed by atoms with van der Waals surface area (Å²) in [5.74, 6) is -0.491. The minimum absolute atomic E-state index is 0.207. The van der Waals surface area contributed by atoms with Crippen molar-refractivity contribution in [1.29, 1.82) is 0 Å². The van der Waals surface area contributed by atoms with Crippen LogP contribution in [-0.4, -0.2) is 27.8 Å². The number of hydrogen-bond donors (Lipinski definition) is 1. The first-order valence-electron chi connectivity index (χ1n) is 9.56. The van der Waals surface area contributed by atoms with Crippen molar-refractivity contribution in [2.75, 3.05) is 4.90 Å². The Morgan fingerprint density at radius 2 is 1.58 bits per heavy atom. The predicted molar refractivity (Wildman–Crippen MR) is 122 cm³/mol. The van der Waals surface area contributed by atoms with Crippen molar-refractivity contribution >= 4 is 40.6 Å². The van der Waals surface area contributed by atoms with Gasteiger partial charge in [0, 0.05) is 6.42 Å². The number of amides is 1. The minimum atomic E-state index is -0.957. The average Bonchev–Trinajstić information content (AvgIpc) is 3.07. The largest absolute Gasteiger partial charge is 0.489 e. The van der Waals surface area contributed by atoms with Crippen molar-refractivity contribution in [2.45, 2.75) is 13.0 Å². The van der Waals surface area contributed by atoms with Crippen LogP contribution in [0.25, 0.3) is 0 Å². The molecule has 6 nitrogen and oxygen atoms in total. The van der Waals surface area contributed by atoms with Crippen molar-refractivity contribution in [3.8, 4) is 5.75 Å². The molecule has 0 atom stereocenters. The molecule has 0 bridgehead atoms. The number of carboxylic acid groups (broad SMARTS) is 1. The van der Waals surface area contributed by atoms with Crippen molar-refractivity contribution in [1.82, 2.24) is 0 Å². The van der Waals surface area contributed by atoms with Gasteiger partial charge >= 0.3 is 5.97 Å². The van der Waals surface area contributed by atoms with E-state index >= 15 is 0 Å². The lowest BCUT2D eigenvalue weighted by Gasteiger charge is -2.14. The topological polar surface area (TPSA) is 79.2 Å². The van der Waals surface area contributed by atoms with Gasteiger partial charge in [0.15, 0.2) is 0 Å². The van der Waals surface area contributed by atoms with Crippen LogP contribution in [-0.2, 0) is 17.8 Å². The maximum atomic E-state index is 12.8.